The number of benzene rings is 1. The van der Waals surface area contributed by atoms with E-state index in [-0.39, 0.29) is 17.7 Å². The number of hydrogen-bond donors (Lipinski definition) is 0. The molecular formula is C20H27N3O4. The number of ether oxygens (including phenoxy) is 1. The molecule has 146 valence electrons. The van der Waals surface area contributed by atoms with E-state index in [0.717, 1.165) is 0 Å². The van der Waals surface area contributed by atoms with Crippen molar-refractivity contribution in [1.29, 1.82) is 0 Å². The van der Waals surface area contributed by atoms with Gasteiger partial charge >= 0.3 is 0 Å². The van der Waals surface area contributed by atoms with Gasteiger partial charge < -0.3 is 19.4 Å². The molecule has 0 radical (unpaired) electrons. The molecule has 27 heavy (non-hydrogen) atoms. The number of hydrogen-bond acceptors (Lipinski definition) is 4. The van der Waals surface area contributed by atoms with Crippen LogP contribution in [-0.4, -0.2) is 66.9 Å². The Hall–Kier alpha value is -2.57. The number of fused-ring (bicyclic) bond motifs is 1. The highest BCUT2D eigenvalue weighted by atomic mass is 16.5. The average molecular weight is 373 g/mol. The Morgan fingerprint density at radius 1 is 1.07 bits per heavy atom. The Labute approximate surface area is 159 Å². The number of piperazine rings is 1. The molecule has 0 bridgehead atoms. The van der Waals surface area contributed by atoms with Crippen LogP contribution >= 0.6 is 0 Å². The number of likely N-dealkylation sites (N-methyl/N-ethyl adjacent to an activating group) is 1. The van der Waals surface area contributed by atoms with Gasteiger partial charge in [0.05, 0.1) is 5.69 Å². The van der Waals surface area contributed by atoms with Crippen LogP contribution in [-0.2, 0) is 9.59 Å². The van der Waals surface area contributed by atoms with Gasteiger partial charge in [0.25, 0.3) is 11.8 Å². The quantitative estimate of drug-likeness (QED) is 0.752. The normalized spacial score (nSPS) is 20.3. The van der Waals surface area contributed by atoms with Gasteiger partial charge in [-0.05, 0) is 25.1 Å². The Balaban J connectivity index is 1.71. The maximum Gasteiger partial charge on any atom is 0.267 e. The van der Waals surface area contributed by atoms with Crippen LogP contribution in [0.1, 0.15) is 38.1 Å². The lowest BCUT2D eigenvalue weighted by molar-refractivity contribution is -0.141. The molecule has 1 atom stereocenters. The van der Waals surface area contributed by atoms with Crippen molar-refractivity contribution in [3.05, 3.63) is 23.8 Å². The van der Waals surface area contributed by atoms with Crippen molar-refractivity contribution in [2.75, 3.05) is 38.1 Å². The van der Waals surface area contributed by atoms with Gasteiger partial charge in [-0.25, -0.2) is 0 Å². The molecule has 2 aliphatic rings. The molecule has 1 saturated heterocycles. The number of amides is 3. The molecule has 7 heteroatoms. The minimum Gasteiger partial charge on any atom is -0.479 e. The number of rotatable bonds is 1. The van der Waals surface area contributed by atoms with E-state index in [1.807, 2.05) is 25.7 Å². The molecule has 2 aliphatic heterocycles. The van der Waals surface area contributed by atoms with Crippen molar-refractivity contribution < 1.29 is 19.1 Å². The Morgan fingerprint density at radius 2 is 1.67 bits per heavy atom. The van der Waals surface area contributed by atoms with Crippen LogP contribution < -0.4 is 9.64 Å². The fourth-order valence-electron chi connectivity index (χ4n) is 3.41. The van der Waals surface area contributed by atoms with Crippen LogP contribution in [0.15, 0.2) is 18.2 Å². The topological polar surface area (TPSA) is 70.2 Å². The third-order valence-electron chi connectivity index (χ3n) is 5.05. The van der Waals surface area contributed by atoms with Gasteiger partial charge in [-0.3, -0.25) is 14.4 Å². The van der Waals surface area contributed by atoms with Gasteiger partial charge in [-0.15, -0.1) is 0 Å². The summed E-state index contributed by atoms with van der Waals surface area (Å²) in [6, 6.07) is 5.17. The summed E-state index contributed by atoms with van der Waals surface area (Å²) in [5.41, 5.74) is 0.700. The lowest BCUT2D eigenvalue weighted by Gasteiger charge is -2.38. The maximum absolute atomic E-state index is 12.9. The molecule has 3 rings (SSSR count). The second-order valence-electron chi connectivity index (χ2n) is 8.17. The first-order valence-corrected chi connectivity index (χ1v) is 9.26. The molecule has 0 aliphatic carbocycles. The number of carbonyl (C=O) groups is 3. The van der Waals surface area contributed by atoms with E-state index >= 15 is 0 Å². The van der Waals surface area contributed by atoms with Crippen LogP contribution in [0.4, 0.5) is 5.69 Å². The van der Waals surface area contributed by atoms with E-state index < -0.39 is 11.5 Å². The van der Waals surface area contributed by atoms with Crippen LogP contribution in [0.25, 0.3) is 0 Å². The Morgan fingerprint density at radius 3 is 2.26 bits per heavy atom. The first kappa shape index (κ1) is 19.2. The zero-order valence-electron chi connectivity index (χ0n) is 16.6. The molecule has 0 aromatic heterocycles. The summed E-state index contributed by atoms with van der Waals surface area (Å²) in [5, 5.41) is 0. The van der Waals surface area contributed by atoms with E-state index in [0.29, 0.717) is 43.2 Å². The van der Waals surface area contributed by atoms with Gasteiger partial charge in [0.15, 0.2) is 6.10 Å². The first-order valence-electron chi connectivity index (χ1n) is 9.26. The van der Waals surface area contributed by atoms with Crippen LogP contribution in [0.5, 0.6) is 5.75 Å². The fraction of sp³-hybridized carbons (Fsp3) is 0.550. The van der Waals surface area contributed by atoms with E-state index in [1.54, 1.807) is 37.1 Å². The summed E-state index contributed by atoms with van der Waals surface area (Å²) in [6.07, 6.45) is -0.530. The lowest BCUT2D eigenvalue weighted by Crippen LogP contribution is -2.53. The SMILES string of the molecule is CC1Oc2ccc(C(=O)N3CCN(C(=O)C(C)(C)C)CC3)cc2N(C)C1=O. The number of anilines is 1. The standard InChI is InChI=1S/C20H27N3O4/c1-13-17(24)21(5)15-12-14(6-7-16(15)27-13)18(25)22-8-10-23(11-9-22)19(26)20(2,3)4/h6-7,12-13H,8-11H2,1-5H3. The zero-order chi connectivity index (χ0) is 19.9. The Kier molecular flexibility index (Phi) is 4.88. The Bertz CT molecular complexity index is 776. The molecule has 1 aromatic carbocycles. The third-order valence-corrected chi connectivity index (χ3v) is 5.05. The van der Waals surface area contributed by atoms with E-state index in [4.69, 9.17) is 4.74 Å². The monoisotopic (exact) mass is 373 g/mol. The number of carbonyl (C=O) groups excluding carboxylic acids is 3. The predicted octanol–water partition coefficient (Wildman–Crippen LogP) is 1.76. The van der Waals surface area contributed by atoms with Gasteiger partial charge in [-0.1, -0.05) is 20.8 Å². The molecule has 1 fully saturated rings. The highest BCUT2D eigenvalue weighted by Gasteiger charge is 2.32. The lowest BCUT2D eigenvalue weighted by atomic mass is 9.94. The minimum absolute atomic E-state index is 0.0971. The van der Waals surface area contributed by atoms with Crippen molar-refractivity contribution in [3.8, 4) is 5.75 Å². The van der Waals surface area contributed by atoms with Gasteiger partial charge in [-0.2, -0.15) is 0 Å². The summed E-state index contributed by atoms with van der Waals surface area (Å²) in [7, 11) is 1.69. The molecule has 0 N–H and O–H groups in total. The fourth-order valence-corrected chi connectivity index (χ4v) is 3.41. The second kappa shape index (κ2) is 6.87. The molecule has 1 unspecified atom stereocenters. The molecule has 2 heterocycles. The van der Waals surface area contributed by atoms with E-state index in [9.17, 15) is 14.4 Å². The molecular weight excluding hydrogens is 346 g/mol. The van der Waals surface area contributed by atoms with Gasteiger partial charge in [0, 0.05) is 44.2 Å². The summed E-state index contributed by atoms with van der Waals surface area (Å²) < 4.78 is 5.61. The van der Waals surface area contributed by atoms with Crippen molar-refractivity contribution in [2.45, 2.75) is 33.8 Å². The first-order chi connectivity index (χ1) is 12.6. The van der Waals surface area contributed by atoms with Crippen LogP contribution in [0.3, 0.4) is 0 Å². The van der Waals surface area contributed by atoms with Crippen LogP contribution in [0.2, 0.25) is 0 Å². The van der Waals surface area contributed by atoms with Crippen molar-refractivity contribution in [3.63, 3.8) is 0 Å². The third kappa shape index (κ3) is 3.63. The number of nitrogens with zero attached hydrogens (tertiary/aromatic N) is 3. The maximum atomic E-state index is 12.9. The highest BCUT2D eigenvalue weighted by molar-refractivity contribution is 6.02. The van der Waals surface area contributed by atoms with E-state index in [1.165, 1.54) is 4.90 Å². The van der Waals surface area contributed by atoms with E-state index in [2.05, 4.69) is 0 Å². The summed E-state index contributed by atoms with van der Waals surface area (Å²) in [4.78, 5) is 42.5. The highest BCUT2D eigenvalue weighted by Crippen LogP contribution is 2.34. The predicted molar refractivity (Wildman–Crippen MR) is 102 cm³/mol. The molecule has 0 spiro atoms. The summed E-state index contributed by atoms with van der Waals surface area (Å²) in [5.74, 6) is 0.470. The average Bonchev–Trinajstić information content (AvgIpc) is 2.64. The summed E-state index contributed by atoms with van der Waals surface area (Å²) >= 11 is 0. The smallest absolute Gasteiger partial charge is 0.267 e. The molecule has 0 saturated carbocycles. The van der Waals surface area contributed by atoms with Crippen molar-refractivity contribution >= 4 is 23.4 Å². The van der Waals surface area contributed by atoms with Gasteiger partial charge in [0.2, 0.25) is 5.91 Å². The summed E-state index contributed by atoms with van der Waals surface area (Å²) in [6.45, 7) is 9.49. The second-order valence-corrected chi connectivity index (χ2v) is 8.17. The molecule has 7 nitrogen and oxygen atoms in total. The van der Waals surface area contributed by atoms with Crippen molar-refractivity contribution in [2.24, 2.45) is 5.41 Å². The van der Waals surface area contributed by atoms with Crippen LogP contribution in [0, 0.1) is 5.41 Å². The minimum atomic E-state index is -0.530. The van der Waals surface area contributed by atoms with Gasteiger partial charge in [0.1, 0.15) is 5.75 Å². The zero-order valence-corrected chi connectivity index (χ0v) is 16.6. The molecule has 1 aromatic rings. The molecule has 3 amide bonds. The van der Waals surface area contributed by atoms with Crippen molar-refractivity contribution in [1.82, 2.24) is 9.80 Å². The largest absolute Gasteiger partial charge is 0.479 e.